The molecule has 0 N–H and O–H groups in total. The summed E-state index contributed by atoms with van der Waals surface area (Å²) < 4.78 is 2.69. The van der Waals surface area contributed by atoms with Crippen molar-refractivity contribution < 1.29 is 0 Å². The molecule has 0 aliphatic rings. The molecule has 0 fully saturated rings. The van der Waals surface area contributed by atoms with Gasteiger partial charge in [-0.05, 0) is 60.2 Å². The number of fused-ring (bicyclic) bond motifs is 1. The molecule has 4 nitrogen and oxygen atoms in total. The molecule has 0 atom stereocenters. The smallest absolute Gasteiger partial charge is 0.186 e. The van der Waals surface area contributed by atoms with Crippen molar-refractivity contribution in [3.05, 3.63) is 43.1 Å². The van der Waals surface area contributed by atoms with E-state index in [0.717, 1.165) is 20.3 Å². The Morgan fingerprint density at radius 2 is 1.85 bits per heavy atom. The van der Waals surface area contributed by atoms with Crippen molar-refractivity contribution in [2.45, 2.75) is 13.8 Å². The summed E-state index contributed by atoms with van der Waals surface area (Å²) in [6.45, 7) is 3.88. The zero-order valence-electron chi connectivity index (χ0n) is 10.7. The average Bonchev–Trinajstić information content (AvgIpc) is 2.82. The lowest BCUT2D eigenvalue weighted by molar-refractivity contribution is 0.918. The van der Waals surface area contributed by atoms with Gasteiger partial charge in [-0.1, -0.05) is 23.2 Å². The standard InChI is InChI=1S/C13H9Cl2IN4/c1-6-7(2)12-17-18-13(20(12)19-11(6)15)9-5-8(14)3-4-10(9)16/h3-5H,1-2H3. The van der Waals surface area contributed by atoms with E-state index in [1.54, 1.807) is 4.52 Å². The first-order valence-electron chi connectivity index (χ1n) is 5.82. The predicted molar refractivity (Wildman–Crippen MR) is 88.4 cm³/mol. The quantitative estimate of drug-likeness (QED) is 0.552. The van der Waals surface area contributed by atoms with Crippen LogP contribution in [-0.4, -0.2) is 19.8 Å². The SMILES string of the molecule is Cc1c(Cl)nn2c(-c3cc(Cl)ccc3I)nnc2c1C. The maximum Gasteiger partial charge on any atom is 0.186 e. The molecule has 0 aliphatic carbocycles. The normalized spacial score (nSPS) is 11.2. The van der Waals surface area contributed by atoms with Crippen LogP contribution in [0.5, 0.6) is 0 Å². The van der Waals surface area contributed by atoms with E-state index in [9.17, 15) is 0 Å². The molecule has 7 heteroatoms. The minimum atomic E-state index is 0.452. The number of hydrogen-bond acceptors (Lipinski definition) is 3. The van der Waals surface area contributed by atoms with Crippen LogP contribution in [0.3, 0.4) is 0 Å². The van der Waals surface area contributed by atoms with Crippen LogP contribution in [0.1, 0.15) is 11.1 Å². The summed E-state index contributed by atoms with van der Waals surface area (Å²) in [5.41, 5.74) is 3.48. The number of rotatable bonds is 1. The topological polar surface area (TPSA) is 43.1 Å². The van der Waals surface area contributed by atoms with Crippen LogP contribution >= 0.6 is 45.8 Å². The summed E-state index contributed by atoms with van der Waals surface area (Å²) in [5, 5.41) is 13.9. The summed E-state index contributed by atoms with van der Waals surface area (Å²) in [6, 6.07) is 5.62. The Morgan fingerprint density at radius 3 is 2.60 bits per heavy atom. The summed E-state index contributed by atoms with van der Waals surface area (Å²) in [7, 11) is 0. The second-order valence-electron chi connectivity index (χ2n) is 4.42. The number of hydrogen-bond donors (Lipinski definition) is 0. The number of nitrogens with zero attached hydrogens (tertiary/aromatic N) is 4. The maximum absolute atomic E-state index is 6.16. The second kappa shape index (κ2) is 5.13. The highest BCUT2D eigenvalue weighted by molar-refractivity contribution is 14.1. The lowest BCUT2D eigenvalue weighted by atomic mass is 10.2. The Kier molecular flexibility index (Phi) is 3.60. The van der Waals surface area contributed by atoms with Gasteiger partial charge in [0.2, 0.25) is 0 Å². The third-order valence-electron chi connectivity index (χ3n) is 3.21. The fourth-order valence-electron chi connectivity index (χ4n) is 1.93. The van der Waals surface area contributed by atoms with Crippen LogP contribution in [0.25, 0.3) is 17.0 Å². The molecule has 0 spiro atoms. The highest BCUT2D eigenvalue weighted by Gasteiger charge is 2.16. The fraction of sp³-hybridized carbons (Fsp3) is 0.154. The highest BCUT2D eigenvalue weighted by atomic mass is 127. The number of halogens is 3. The van der Waals surface area contributed by atoms with Crippen LogP contribution in [0.15, 0.2) is 18.2 Å². The van der Waals surface area contributed by atoms with Gasteiger partial charge in [-0.25, -0.2) is 0 Å². The van der Waals surface area contributed by atoms with E-state index in [0.29, 0.717) is 21.6 Å². The highest BCUT2D eigenvalue weighted by Crippen LogP contribution is 2.29. The summed E-state index contributed by atoms with van der Waals surface area (Å²) >= 11 is 14.5. The molecule has 3 aromatic rings. The molecule has 0 saturated carbocycles. The lowest BCUT2D eigenvalue weighted by Crippen LogP contribution is -2.01. The van der Waals surface area contributed by atoms with E-state index in [1.165, 1.54) is 0 Å². The van der Waals surface area contributed by atoms with Gasteiger partial charge in [0.05, 0.1) is 0 Å². The lowest BCUT2D eigenvalue weighted by Gasteiger charge is -2.06. The Labute approximate surface area is 139 Å². The minimum absolute atomic E-state index is 0.452. The molecule has 0 amide bonds. The monoisotopic (exact) mass is 418 g/mol. The van der Waals surface area contributed by atoms with Gasteiger partial charge in [-0.2, -0.15) is 9.61 Å². The van der Waals surface area contributed by atoms with Gasteiger partial charge < -0.3 is 0 Å². The van der Waals surface area contributed by atoms with Gasteiger partial charge in [-0.15, -0.1) is 10.2 Å². The minimum Gasteiger partial charge on any atom is -0.191 e. The van der Waals surface area contributed by atoms with E-state index < -0.39 is 0 Å². The van der Waals surface area contributed by atoms with Crippen LogP contribution in [-0.2, 0) is 0 Å². The molecule has 0 radical (unpaired) electrons. The van der Waals surface area contributed by atoms with Crippen LogP contribution in [0.2, 0.25) is 10.2 Å². The third-order valence-corrected chi connectivity index (χ3v) is 4.74. The fourth-order valence-corrected chi connectivity index (χ4v) is 2.90. The van der Waals surface area contributed by atoms with E-state index >= 15 is 0 Å². The molecule has 0 saturated heterocycles. The first-order valence-corrected chi connectivity index (χ1v) is 7.66. The summed E-state index contributed by atoms with van der Waals surface area (Å²) in [4.78, 5) is 0. The van der Waals surface area contributed by atoms with Crippen molar-refractivity contribution in [2.75, 3.05) is 0 Å². The van der Waals surface area contributed by atoms with Gasteiger partial charge in [0.25, 0.3) is 0 Å². The van der Waals surface area contributed by atoms with Crippen LogP contribution < -0.4 is 0 Å². The number of aromatic nitrogens is 4. The van der Waals surface area contributed by atoms with Gasteiger partial charge in [0.1, 0.15) is 0 Å². The predicted octanol–water partition coefficient (Wildman–Crippen LogP) is 4.32. The Bertz CT molecular complexity index is 829. The Hall–Kier alpha value is -0.920. The van der Waals surface area contributed by atoms with Gasteiger partial charge >= 0.3 is 0 Å². The van der Waals surface area contributed by atoms with Gasteiger partial charge in [0, 0.05) is 19.7 Å². The van der Waals surface area contributed by atoms with Crippen molar-refractivity contribution in [1.29, 1.82) is 0 Å². The molecular formula is C13H9Cl2IN4. The molecule has 2 heterocycles. The third kappa shape index (κ3) is 2.17. The molecular weight excluding hydrogens is 410 g/mol. The summed E-state index contributed by atoms with van der Waals surface area (Å²) in [5.74, 6) is 0.636. The zero-order valence-corrected chi connectivity index (χ0v) is 14.3. The van der Waals surface area contributed by atoms with Crippen molar-refractivity contribution in [3.8, 4) is 11.4 Å². The molecule has 2 aromatic heterocycles. The first kappa shape index (κ1) is 14.0. The van der Waals surface area contributed by atoms with Gasteiger partial charge in [0.15, 0.2) is 16.6 Å². The largest absolute Gasteiger partial charge is 0.191 e. The van der Waals surface area contributed by atoms with E-state index in [2.05, 4.69) is 37.9 Å². The second-order valence-corrected chi connectivity index (χ2v) is 6.38. The molecule has 3 rings (SSSR count). The number of aryl methyl sites for hydroxylation is 1. The zero-order chi connectivity index (χ0) is 14.4. The Morgan fingerprint density at radius 1 is 1.10 bits per heavy atom. The average molecular weight is 419 g/mol. The van der Waals surface area contributed by atoms with E-state index in [-0.39, 0.29) is 0 Å². The molecule has 0 unspecified atom stereocenters. The molecule has 102 valence electrons. The van der Waals surface area contributed by atoms with Crippen LogP contribution in [0, 0.1) is 17.4 Å². The van der Waals surface area contributed by atoms with E-state index in [4.69, 9.17) is 23.2 Å². The number of benzene rings is 1. The van der Waals surface area contributed by atoms with E-state index in [1.807, 2.05) is 32.0 Å². The van der Waals surface area contributed by atoms with Crippen molar-refractivity contribution >= 4 is 51.4 Å². The summed E-state index contributed by atoms with van der Waals surface area (Å²) in [6.07, 6.45) is 0. The molecule has 1 aromatic carbocycles. The Balaban J connectivity index is 2.36. The maximum atomic E-state index is 6.16. The van der Waals surface area contributed by atoms with Crippen LogP contribution in [0.4, 0.5) is 0 Å². The molecule has 20 heavy (non-hydrogen) atoms. The van der Waals surface area contributed by atoms with Crippen molar-refractivity contribution in [1.82, 2.24) is 19.8 Å². The van der Waals surface area contributed by atoms with Crippen molar-refractivity contribution in [3.63, 3.8) is 0 Å². The molecule has 0 bridgehead atoms. The first-order chi connectivity index (χ1) is 9.49. The van der Waals surface area contributed by atoms with Crippen molar-refractivity contribution in [2.24, 2.45) is 0 Å². The molecule has 0 aliphatic heterocycles. The van der Waals surface area contributed by atoms with Gasteiger partial charge in [-0.3, -0.25) is 0 Å².